The molecule has 3 aromatic rings. The summed E-state index contributed by atoms with van der Waals surface area (Å²) in [6.45, 7) is 0. The molecule has 0 bridgehead atoms. The average molecular weight is 352 g/mol. The highest BCUT2D eigenvalue weighted by Crippen LogP contribution is 2.35. The van der Waals surface area contributed by atoms with Crippen LogP contribution in [-0.4, -0.2) is 14.9 Å². The van der Waals surface area contributed by atoms with E-state index in [9.17, 15) is 15.4 Å². The third kappa shape index (κ3) is 3.11. The molecule has 0 aliphatic rings. The number of anilines is 1. The fourth-order valence-corrected chi connectivity index (χ4v) is 2.59. The fraction of sp³-hybridized carbons (Fsp3) is 0. The Morgan fingerprint density at radius 2 is 1.88 bits per heavy atom. The lowest BCUT2D eigenvalue weighted by molar-refractivity contribution is -0.384. The maximum atomic E-state index is 11.1. The van der Waals surface area contributed by atoms with Gasteiger partial charge in [-0.1, -0.05) is 17.7 Å². The molecule has 2 heterocycles. The normalized spacial score (nSPS) is 10.2. The molecule has 25 heavy (non-hydrogen) atoms. The van der Waals surface area contributed by atoms with Crippen LogP contribution in [0, 0.1) is 21.4 Å². The highest BCUT2D eigenvalue weighted by Gasteiger charge is 2.18. The van der Waals surface area contributed by atoms with Gasteiger partial charge >= 0.3 is 0 Å². The zero-order chi connectivity index (χ0) is 18.0. The molecule has 0 atom stereocenters. The highest BCUT2D eigenvalue weighted by molar-refractivity contribution is 6.32. The van der Waals surface area contributed by atoms with Crippen molar-refractivity contribution in [3.8, 4) is 28.5 Å². The second kappa shape index (κ2) is 6.55. The molecule has 3 rings (SSSR count). The molecule has 2 N–H and O–H groups in total. The van der Waals surface area contributed by atoms with Crippen LogP contribution in [0.15, 0.2) is 48.8 Å². The molecule has 122 valence electrons. The Kier molecular flexibility index (Phi) is 4.29. The number of nitrogen functional groups attached to an aromatic ring is 1. The first-order chi connectivity index (χ1) is 12.0. The van der Waals surface area contributed by atoms with E-state index < -0.39 is 4.92 Å². The quantitative estimate of drug-likeness (QED) is 0.565. The van der Waals surface area contributed by atoms with Gasteiger partial charge in [0, 0.05) is 29.6 Å². The van der Waals surface area contributed by atoms with Crippen LogP contribution < -0.4 is 5.73 Å². The number of nitrogens with zero attached hydrogens (tertiary/aromatic N) is 4. The second-order valence-electron chi connectivity index (χ2n) is 5.09. The number of pyridine rings is 2. The van der Waals surface area contributed by atoms with Gasteiger partial charge in [-0.15, -0.1) is 0 Å². The molecule has 8 heteroatoms. The van der Waals surface area contributed by atoms with Crippen molar-refractivity contribution in [1.29, 1.82) is 5.26 Å². The molecule has 0 aliphatic heterocycles. The standard InChI is InChI=1S/C17H10ClN5O2/c18-14-2-1-11(7-16(14)23(24)25)12-8-15(10-3-5-21-6-4-10)22-17(20)13(12)9-19/h1-8H,(H2,20,22). The fourth-order valence-electron chi connectivity index (χ4n) is 2.40. The topological polar surface area (TPSA) is 119 Å². The van der Waals surface area contributed by atoms with Gasteiger partial charge in [-0.05, 0) is 29.8 Å². The van der Waals surface area contributed by atoms with E-state index in [0.29, 0.717) is 16.8 Å². The van der Waals surface area contributed by atoms with Crippen molar-refractivity contribution in [2.75, 3.05) is 5.73 Å². The van der Waals surface area contributed by atoms with Crippen LogP contribution in [0.5, 0.6) is 0 Å². The van der Waals surface area contributed by atoms with Gasteiger partial charge in [0.25, 0.3) is 5.69 Å². The van der Waals surface area contributed by atoms with Crippen LogP contribution in [0.4, 0.5) is 11.5 Å². The monoisotopic (exact) mass is 351 g/mol. The predicted molar refractivity (Wildman–Crippen MR) is 93.7 cm³/mol. The van der Waals surface area contributed by atoms with E-state index >= 15 is 0 Å². The van der Waals surface area contributed by atoms with Gasteiger partial charge in [0.2, 0.25) is 0 Å². The molecule has 0 unspecified atom stereocenters. The maximum Gasteiger partial charge on any atom is 0.288 e. The number of nitrogens with two attached hydrogens (primary N) is 1. The Balaban J connectivity index is 2.25. The number of nitriles is 1. The van der Waals surface area contributed by atoms with E-state index in [-0.39, 0.29) is 22.1 Å². The molecule has 0 aliphatic carbocycles. The van der Waals surface area contributed by atoms with E-state index in [2.05, 4.69) is 9.97 Å². The largest absolute Gasteiger partial charge is 0.383 e. The van der Waals surface area contributed by atoms with E-state index in [4.69, 9.17) is 17.3 Å². The lowest BCUT2D eigenvalue weighted by atomic mass is 9.98. The summed E-state index contributed by atoms with van der Waals surface area (Å²) in [5.41, 5.74) is 8.02. The van der Waals surface area contributed by atoms with Crippen molar-refractivity contribution < 1.29 is 4.92 Å². The minimum absolute atomic E-state index is 0.0173. The first-order valence-corrected chi connectivity index (χ1v) is 7.44. The van der Waals surface area contributed by atoms with Crippen molar-refractivity contribution in [2.24, 2.45) is 0 Å². The lowest BCUT2D eigenvalue weighted by Gasteiger charge is -2.10. The van der Waals surface area contributed by atoms with Crippen LogP contribution in [0.3, 0.4) is 0 Å². The average Bonchev–Trinajstić information content (AvgIpc) is 2.62. The van der Waals surface area contributed by atoms with Gasteiger partial charge in [-0.25, -0.2) is 4.98 Å². The number of nitro benzene ring substituents is 1. The zero-order valence-electron chi connectivity index (χ0n) is 12.7. The SMILES string of the molecule is N#Cc1c(-c2ccc(Cl)c([N+](=O)[O-])c2)cc(-c2ccncc2)nc1N. The van der Waals surface area contributed by atoms with Crippen molar-refractivity contribution >= 4 is 23.1 Å². The van der Waals surface area contributed by atoms with Crippen LogP contribution >= 0.6 is 11.6 Å². The van der Waals surface area contributed by atoms with Crippen LogP contribution in [0.1, 0.15) is 5.56 Å². The Bertz CT molecular complexity index is 1020. The zero-order valence-corrected chi connectivity index (χ0v) is 13.4. The first kappa shape index (κ1) is 16.4. The van der Waals surface area contributed by atoms with Gasteiger partial charge in [-0.2, -0.15) is 5.26 Å². The third-order valence-electron chi connectivity index (χ3n) is 3.59. The molecule has 0 fully saturated rings. The lowest BCUT2D eigenvalue weighted by Crippen LogP contribution is -2.00. The number of rotatable bonds is 3. The van der Waals surface area contributed by atoms with E-state index in [1.165, 1.54) is 12.1 Å². The van der Waals surface area contributed by atoms with E-state index in [1.807, 2.05) is 6.07 Å². The number of halogens is 1. The Morgan fingerprint density at radius 3 is 2.52 bits per heavy atom. The summed E-state index contributed by atoms with van der Waals surface area (Å²) in [4.78, 5) is 18.7. The predicted octanol–water partition coefficient (Wildman–Crippen LogP) is 3.83. The maximum absolute atomic E-state index is 11.1. The Morgan fingerprint density at radius 1 is 1.16 bits per heavy atom. The van der Waals surface area contributed by atoms with Gasteiger partial charge in [0.05, 0.1) is 10.6 Å². The number of hydrogen-bond acceptors (Lipinski definition) is 6. The van der Waals surface area contributed by atoms with Gasteiger partial charge in [0.1, 0.15) is 22.5 Å². The summed E-state index contributed by atoms with van der Waals surface area (Å²) < 4.78 is 0. The van der Waals surface area contributed by atoms with Gasteiger partial charge in [0.15, 0.2) is 0 Å². The Hall–Kier alpha value is -3.50. The molecule has 0 saturated carbocycles. The summed E-state index contributed by atoms with van der Waals surface area (Å²) >= 11 is 5.86. The number of benzene rings is 1. The molecule has 7 nitrogen and oxygen atoms in total. The summed E-state index contributed by atoms with van der Waals surface area (Å²) in [6.07, 6.45) is 3.22. The van der Waals surface area contributed by atoms with Crippen molar-refractivity contribution in [1.82, 2.24) is 9.97 Å². The van der Waals surface area contributed by atoms with Crippen molar-refractivity contribution in [3.63, 3.8) is 0 Å². The molecular weight excluding hydrogens is 342 g/mol. The number of nitro groups is 1. The van der Waals surface area contributed by atoms with E-state index in [1.54, 1.807) is 36.7 Å². The summed E-state index contributed by atoms with van der Waals surface area (Å²) in [5.74, 6) is 0.0458. The molecule has 1 aromatic carbocycles. The molecule has 2 aromatic heterocycles. The highest BCUT2D eigenvalue weighted by atomic mass is 35.5. The van der Waals surface area contributed by atoms with Crippen molar-refractivity contribution in [3.05, 3.63) is 69.5 Å². The third-order valence-corrected chi connectivity index (χ3v) is 3.91. The minimum atomic E-state index is -0.577. The van der Waals surface area contributed by atoms with Crippen LogP contribution in [0.25, 0.3) is 22.4 Å². The van der Waals surface area contributed by atoms with Gasteiger partial charge < -0.3 is 5.73 Å². The van der Waals surface area contributed by atoms with Gasteiger partial charge in [-0.3, -0.25) is 15.1 Å². The number of aromatic nitrogens is 2. The smallest absolute Gasteiger partial charge is 0.288 e. The molecule has 0 saturated heterocycles. The molecule has 0 amide bonds. The molecular formula is C17H10ClN5O2. The summed E-state index contributed by atoms with van der Waals surface area (Å²) in [6, 6.07) is 11.5. The van der Waals surface area contributed by atoms with Crippen LogP contribution in [0.2, 0.25) is 5.02 Å². The van der Waals surface area contributed by atoms with Crippen molar-refractivity contribution in [2.45, 2.75) is 0 Å². The van der Waals surface area contributed by atoms with Crippen LogP contribution in [-0.2, 0) is 0 Å². The second-order valence-corrected chi connectivity index (χ2v) is 5.49. The minimum Gasteiger partial charge on any atom is -0.383 e. The molecule has 0 spiro atoms. The summed E-state index contributed by atoms with van der Waals surface area (Å²) in [5, 5.41) is 20.6. The van der Waals surface area contributed by atoms with E-state index in [0.717, 1.165) is 5.56 Å². The molecule has 0 radical (unpaired) electrons. The summed E-state index contributed by atoms with van der Waals surface area (Å²) in [7, 11) is 0. The first-order valence-electron chi connectivity index (χ1n) is 7.06. The Labute approximate surface area is 147 Å². The number of hydrogen-bond donors (Lipinski definition) is 1.